The lowest BCUT2D eigenvalue weighted by molar-refractivity contribution is 0.587. The largest absolute Gasteiger partial charge is 0.365 e. The molecule has 9 heteroatoms. The van der Waals surface area contributed by atoms with E-state index >= 15 is 0 Å². The highest BCUT2D eigenvalue weighted by atomic mass is 32.2. The van der Waals surface area contributed by atoms with E-state index in [1.807, 2.05) is 24.3 Å². The van der Waals surface area contributed by atoms with Gasteiger partial charge in [0.25, 0.3) is 0 Å². The molecule has 2 aromatic carbocycles. The van der Waals surface area contributed by atoms with Gasteiger partial charge in [0.05, 0.1) is 11.8 Å². The number of nitrogens with zero attached hydrogens (tertiary/aromatic N) is 4. The van der Waals surface area contributed by atoms with Gasteiger partial charge in [0.2, 0.25) is 10.0 Å². The number of aromatic nitrogens is 4. The molecule has 4 rings (SSSR count). The number of benzene rings is 2. The fourth-order valence-corrected chi connectivity index (χ4v) is 3.24. The van der Waals surface area contributed by atoms with Crippen molar-refractivity contribution in [1.82, 2.24) is 20.0 Å². The van der Waals surface area contributed by atoms with Crippen LogP contribution in [0.2, 0.25) is 0 Å². The molecule has 0 spiro atoms. The van der Waals surface area contributed by atoms with E-state index in [1.165, 1.54) is 0 Å². The number of nitrogens with one attached hydrogen (secondary N) is 2. The topological polar surface area (TPSA) is 102 Å². The Labute approximate surface area is 149 Å². The van der Waals surface area contributed by atoms with Crippen molar-refractivity contribution in [3.8, 4) is 0 Å². The first kappa shape index (κ1) is 16.3. The molecule has 132 valence electrons. The lowest BCUT2D eigenvalue weighted by Gasteiger charge is -2.07. The summed E-state index contributed by atoms with van der Waals surface area (Å²) in [6, 6.07) is 14.6. The number of hydrogen-bond acceptors (Lipinski definition) is 6. The Hall–Kier alpha value is -3.20. The summed E-state index contributed by atoms with van der Waals surface area (Å²) in [5.74, 6) is 0. The Balaban J connectivity index is 1.52. The number of sulfonamides is 1. The van der Waals surface area contributed by atoms with Crippen LogP contribution in [-0.2, 0) is 16.7 Å². The lowest BCUT2D eigenvalue weighted by Crippen LogP contribution is -2.11. The van der Waals surface area contributed by atoms with Crippen LogP contribution in [0, 0.1) is 0 Å². The maximum absolute atomic E-state index is 11.2. The van der Waals surface area contributed by atoms with Gasteiger partial charge in [-0.05, 0) is 48.5 Å². The third-order valence-corrected chi connectivity index (χ3v) is 4.39. The van der Waals surface area contributed by atoms with Crippen LogP contribution in [0.1, 0.15) is 0 Å². The molecule has 26 heavy (non-hydrogen) atoms. The van der Waals surface area contributed by atoms with E-state index in [1.54, 1.807) is 35.3 Å². The van der Waals surface area contributed by atoms with Crippen molar-refractivity contribution in [3.63, 3.8) is 0 Å². The lowest BCUT2D eigenvalue weighted by atomic mass is 10.2. The van der Waals surface area contributed by atoms with Crippen molar-refractivity contribution in [2.24, 2.45) is 0 Å². The quantitative estimate of drug-likeness (QED) is 0.561. The Morgan fingerprint density at radius 1 is 0.962 bits per heavy atom. The molecule has 0 aliphatic rings. The van der Waals surface area contributed by atoms with Gasteiger partial charge < -0.3 is 5.32 Å². The molecular weight excluding hydrogens is 352 g/mol. The van der Waals surface area contributed by atoms with Crippen LogP contribution in [0.5, 0.6) is 0 Å². The minimum absolute atomic E-state index is 0.384. The van der Waals surface area contributed by atoms with E-state index in [0.717, 1.165) is 33.9 Å². The van der Waals surface area contributed by atoms with Crippen molar-refractivity contribution >= 4 is 43.3 Å². The molecule has 0 saturated heterocycles. The maximum atomic E-state index is 11.2. The Bertz CT molecular complexity index is 1190. The highest BCUT2D eigenvalue weighted by Gasteiger charge is 2.07. The predicted molar refractivity (Wildman–Crippen MR) is 101 cm³/mol. The van der Waals surface area contributed by atoms with E-state index in [2.05, 4.69) is 25.2 Å². The van der Waals surface area contributed by atoms with E-state index < -0.39 is 10.0 Å². The van der Waals surface area contributed by atoms with Crippen molar-refractivity contribution < 1.29 is 8.42 Å². The minimum atomic E-state index is -3.28. The molecule has 0 bridgehead atoms. The van der Waals surface area contributed by atoms with Crippen LogP contribution in [0.3, 0.4) is 0 Å². The molecule has 0 amide bonds. The number of anilines is 2. The molecule has 0 fully saturated rings. The van der Waals surface area contributed by atoms with Gasteiger partial charge >= 0.3 is 0 Å². The summed E-state index contributed by atoms with van der Waals surface area (Å²) in [4.78, 5) is 5.91. The number of pyridine rings is 1. The third kappa shape index (κ3) is 3.42. The van der Waals surface area contributed by atoms with Gasteiger partial charge in [-0.25, -0.2) is 8.42 Å². The highest BCUT2D eigenvalue weighted by molar-refractivity contribution is 7.92. The van der Waals surface area contributed by atoms with Crippen molar-refractivity contribution in [3.05, 3.63) is 54.7 Å². The average Bonchev–Trinajstić information content (AvgIpc) is 3.03. The Morgan fingerprint density at radius 3 is 2.46 bits per heavy atom. The summed E-state index contributed by atoms with van der Waals surface area (Å²) in [6.07, 6.45) is 2.87. The molecule has 0 aliphatic heterocycles. The SMILES string of the molecule is CS(=O)(=O)Nc1ccc(NCn2nc3ccc4ncccc4c3n2)cc1. The summed E-state index contributed by atoms with van der Waals surface area (Å²) in [5, 5.41) is 13.2. The molecule has 2 N–H and O–H groups in total. The van der Waals surface area contributed by atoms with Crippen LogP contribution in [0.25, 0.3) is 21.9 Å². The Morgan fingerprint density at radius 2 is 1.69 bits per heavy atom. The van der Waals surface area contributed by atoms with Gasteiger partial charge in [0, 0.05) is 23.0 Å². The second kappa shape index (κ2) is 6.26. The second-order valence-corrected chi connectivity index (χ2v) is 7.61. The van der Waals surface area contributed by atoms with Crippen LogP contribution in [0.4, 0.5) is 11.4 Å². The number of fused-ring (bicyclic) bond motifs is 3. The van der Waals surface area contributed by atoms with E-state index in [-0.39, 0.29) is 0 Å². The first-order valence-electron chi connectivity index (χ1n) is 7.88. The zero-order valence-electron chi connectivity index (χ0n) is 13.9. The minimum Gasteiger partial charge on any atom is -0.365 e. The zero-order chi connectivity index (χ0) is 18.1. The number of hydrogen-bond donors (Lipinski definition) is 2. The summed E-state index contributed by atoms with van der Waals surface area (Å²) >= 11 is 0. The van der Waals surface area contributed by atoms with Crippen LogP contribution in [-0.4, -0.2) is 34.7 Å². The summed E-state index contributed by atoms with van der Waals surface area (Å²) in [7, 11) is -3.28. The molecule has 0 radical (unpaired) electrons. The maximum Gasteiger partial charge on any atom is 0.229 e. The average molecular weight is 368 g/mol. The monoisotopic (exact) mass is 368 g/mol. The van der Waals surface area contributed by atoms with Gasteiger partial charge in [-0.2, -0.15) is 15.0 Å². The standard InChI is InChI=1S/C17H16N6O2S/c1-26(24,25)22-13-6-4-12(5-7-13)19-11-23-20-16-9-8-15-14(17(16)21-23)3-2-10-18-15/h2-10,19,22H,11H2,1H3. The predicted octanol–water partition coefficient (Wildman–Crippen LogP) is 2.42. The zero-order valence-corrected chi connectivity index (χ0v) is 14.7. The first-order valence-corrected chi connectivity index (χ1v) is 9.77. The van der Waals surface area contributed by atoms with E-state index in [4.69, 9.17) is 0 Å². The fourth-order valence-electron chi connectivity index (χ4n) is 2.68. The van der Waals surface area contributed by atoms with Gasteiger partial charge in [0.1, 0.15) is 17.7 Å². The van der Waals surface area contributed by atoms with E-state index in [0.29, 0.717) is 12.4 Å². The molecule has 0 unspecified atom stereocenters. The number of rotatable bonds is 5. The second-order valence-electron chi connectivity index (χ2n) is 5.86. The fraction of sp³-hybridized carbons (Fsp3) is 0.118. The van der Waals surface area contributed by atoms with Crippen LogP contribution >= 0.6 is 0 Å². The Kier molecular flexibility index (Phi) is 3.92. The molecule has 2 aromatic heterocycles. The van der Waals surface area contributed by atoms with Crippen molar-refractivity contribution in [2.75, 3.05) is 16.3 Å². The molecule has 4 aromatic rings. The van der Waals surface area contributed by atoms with E-state index in [9.17, 15) is 8.42 Å². The molecular formula is C17H16N6O2S. The molecule has 0 saturated carbocycles. The van der Waals surface area contributed by atoms with Gasteiger partial charge in [-0.1, -0.05) is 0 Å². The summed E-state index contributed by atoms with van der Waals surface area (Å²) in [6.45, 7) is 0.384. The van der Waals surface area contributed by atoms with Crippen molar-refractivity contribution in [1.29, 1.82) is 0 Å². The van der Waals surface area contributed by atoms with Gasteiger partial charge in [-0.3, -0.25) is 9.71 Å². The van der Waals surface area contributed by atoms with Crippen molar-refractivity contribution in [2.45, 2.75) is 6.67 Å². The smallest absolute Gasteiger partial charge is 0.229 e. The summed E-state index contributed by atoms with van der Waals surface area (Å²) < 4.78 is 24.9. The van der Waals surface area contributed by atoms with Crippen LogP contribution < -0.4 is 10.0 Å². The molecule has 0 aliphatic carbocycles. The third-order valence-electron chi connectivity index (χ3n) is 3.79. The van der Waals surface area contributed by atoms with Gasteiger partial charge in [0.15, 0.2) is 0 Å². The molecule has 8 nitrogen and oxygen atoms in total. The highest BCUT2D eigenvalue weighted by Crippen LogP contribution is 2.20. The normalized spacial score (nSPS) is 11.7. The molecule has 0 atom stereocenters. The summed E-state index contributed by atoms with van der Waals surface area (Å²) in [5.41, 5.74) is 3.84. The van der Waals surface area contributed by atoms with Gasteiger partial charge in [-0.15, -0.1) is 0 Å². The first-order chi connectivity index (χ1) is 12.5. The molecule has 2 heterocycles. The van der Waals surface area contributed by atoms with Crippen LogP contribution in [0.15, 0.2) is 54.7 Å².